The van der Waals surface area contributed by atoms with Crippen molar-refractivity contribution in [3.05, 3.63) is 69.8 Å². The normalized spacial score (nSPS) is 16.2. The molecule has 0 heterocycles. The van der Waals surface area contributed by atoms with Crippen molar-refractivity contribution in [1.82, 2.24) is 0 Å². The molecule has 2 aromatic rings. The molecule has 2 aromatic carbocycles. The molecule has 0 aromatic heterocycles. The van der Waals surface area contributed by atoms with Crippen LogP contribution in [0.2, 0.25) is 5.02 Å². The highest BCUT2D eigenvalue weighted by atomic mass is 35.5. The number of carbonyl (C=O) groups excluding carboxylic acids is 1. The van der Waals surface area contributed by atoms with Crippen LogP contribution in [0.15, 0.2) is 48.0 Å². The van der Waals surface area contributed by atoms with Crippen LogP contribution in [0.4, 0.5) is 0 Å². The van der Waals surface area contributed by atoms with E-state index < -0.39 is 0 Å². The molecule has 0 amide bonds. The van der Waals surface area contributed by atoms with Crippen molar-refractivity contribution >= 4 is 23.5 Å². The molecule has 0 radical (unpaired) electrons. The van der Waals surface area contributed by atoms with Crippen molar-refractivity contribution in [2.75, 3.05) is 0 Å². The first-order chi connectivity index (χ1) is 9.65. The predicted molar refractivity (Wildman–Crippen MR) is 80.2 cm³/mol. The van der Waals surface area contributed by atoms with Gasteiger partial charge in [0.2, 0.25) is 0 Å². The predicted octanol–water partition coefficient (Wildman–Crippen LogP) is 4.26. The Morgan fingerprint density at radius 1 is 1.10 bits per heavy atom. The van der Waals surface area contributed by atoms with Gasteiger partial charge in [-0.05, 0) is 42.2 Å². The summed E-state index contributed by atoms with van der Waals surface area (Å²) in [4.78, 5) is 12.4. The molecule has 100 valence electrons. The molecule has 0 spiro atoms. The third-order valence-corrected chi connectivity index (χ3v) is 3.83. The van der Waals surface area contributed by atoms with Crippen LogP contribution in [0.5, 0.6) is 5.75 Å². The lowest BCUT2D eigenvalue weighted by Gasteiger charge is -2.17. The van der Waals surface area contributed by atoms with Crippen molar-refractivity contribution in [3.8, 4) is 5.75 Å². The van der Waals surface area contributed by atoms with Crippen LogP contribution >= 0.6 is 11.6 Å². The number of carbonyl (C=O) groups is 1. The van der Waals surface area contributed by atoms with E-state index in [0.717, 1.165) is 35.1 Å². The third kappa shape index (κ3) is 2.35. The summed E-state index contributed by atoms with van der Waals surface area (Å²) in [7, 11) is 0. The second-order valence-electron chi connectivity index (χ2n) is 4.87. The molecule has 3 rings (SSSR count). The number of halogens is 1. The van der Waals surface area contributed by atoms with Gasteiger partial charge in [0.1, 0.15) is 5.75 Å². The average molecular weight is 285 g/mol. The van der Waals surface area contributed by atoms with Crippen LogP contribution in [-0.4, -0.2) is 10.9 Å². The van der Waals surface area contributed by atoms with Gasteiger partial charge in [0.25, 0.3) is 0 Å². The number of phenolic OH excluding ortho intramolecular Hbond substituents is 1. The smallest absolute Gasteiger partial charge is 0.189 e. The van der Waals surface area contributed by atoms with Gasteiger partial charge in [-0.2, -0.15) is 0 Å². The van der Waals surface area contributed by atoms with Gasteiger partial charge in [-0.15, -0.1) is 0 Å². The number of aromatic hydroxyl groups is 1. The Bertz CT molecular complexity index is 717. The van der Waals surface area contributed by atoms with E-state index in [1.807, 2.05) is 30.3 Å². The minimum absolute atomic E-state index is 0.0501. The van der Waals surface area contributed by atoms with Crippen LogP contribution in [0.1, 0.15) is 27.9 Å². The quantitative estimate of drug-likeness (QED) is 0.795. The topological polar surface area (TPSA) is 37.3 Å². The summed E-state index contributed by atoms with van der Waals surface area (Å²) in [6.07, 6.45) is 3.46. The monoisotopic (exact) mass is 284 g/mol. The number of fused-ring (bicyclic) bond motifs is 1. The largest absolute Gasteiger partial charge is 0.506 e. The highest BCUT2D eigenvalue weighted by molar-refractivity contribution is 6.32. The molecule has 3 heteroatoms. The number of allylic oxidation sites excluding steroid dienone is 1. The maximum atomic E-state index is 12.4. The molecule has 1 aliphatic rings. The number of hydrogen-bond donors (Lipinski definition) is 1. The molecule has 0 fully saturated rings. The molecule has 1 aliphatic carbocycles. The number of aryl methyl sites for hydroxylation is 1. The number of benzene rings is 2. The highest BCUT2D eigenvalue weighted by Crippen LogP contribution is 2.29. The Morgan fingerprint density at radius 3 is 2.70 bits per heavy atom. The molecule has 2 nitrogen and oxygen atoms in total. The van der Waals surface area contributed by atoms with E-state index in [9.17, 15) is 9.90 Å². The minimum atomic E-state index is 0.0501. The zero-order chi connectivity index (χ0) is 14.1. The number of phenols is 1. The fraction of sp³-hybridized carbons (Fsp3) is 0.118. The SMILES string of the molecule is O=C1C(=Cc2ccc(O)c(Cl)c2)CCc2ccccc21. The first-order valence-corrected chi connectivity index (χ1v) is 6.84. The van der Waals surface area contributed by atoms with Crippen molar-refractivity contribution in [2.24, 2.45) is 0 Å². The van der Waals surface area contributed by atoms with Gasteiger partial charge >= 0.3 is 0 Å². The Labute approximate surface area is 122 Å². The zero-order valence-electron chi connectivity index (χ0n) is 10.8. The lowest BCUT2D eigenvalue weighted by molar-refractivity contribution is 0.102. The molecule has 0 unspecified atom stereocenters. The van der Waals surface area contributed by atoms with Crippen LogP contribution in [0, 0.1) is 0 Å². The van der Waals surface area contributed by atoms with Crippen molar-refractivity contribution < 1.29 is 9.90 Å². The maximum Gasteiger partial charge on any atom is 0.189 e. The van der Waals surface area contributed by atoms with Gasteiger partial charge in [-0.25, -0.2) is 0 Å². The summed E-state index contributed by atoms with van der Waals surface area (Å²) in [6.45, 7) is 0. The minimum Gasteiger partial charge on any atom is -0.506 e. The molecule has 20 heavy (non-hydrogen) atoms. The first kappa shape index (κ1) is 12.9. The average Bonchev–Trinajstić information content (AvgIpc) is 2.46. The first-order valence-electron chi connectivity index (χ1n) is 6.47. The second kappa shape index (κ2) is 5.14. The Kier molecular flexibility index (Phi) is 3.33. The second-order valence-corrected chi connectivity index (χ2v) is 5.27. The molecule has 0 aliphatic heterocycles. The standard InChI is InChI=1S/C17H13ClO2/c18-15-10-11(5-8-16(15)19)9-13-7-6-12-3-1-2-4-14(12)17(13)20/h1-5,8-10,19H,6-7H2. The fourth-order valence-corrected chi connectivity index (χ4v) is 2.66. The summed E-state index contributed by atoms with van der Waals surface area (Å²) in [5.41, 5.74) is 3.51. The zero-order valence-corrected chi connectivity index (χ0v) is 11.5. The Morgan fingerprint density at radius 2 is 1.90 bits per heavy atom. The maximum absolute atomic E-state index is 12.4. The van der Waals surface area contributed by atoms with Gasteiger partial charge in [-0.3, -0.25) is 4.79 Å². The van der Waals surface area contributed by atoms with Crippen molar-refractivity contribution in [1.29, 1.82) is 0 Å². The summed E-state index contributed by atoms with van der Waals surface area (Å²) in [5, 5.41) is 9.71. The van der Waals surface area contributed by atoms with Crippen LogP contribution in [-0.2, 0) is 6.42 Å². The number of ketones is 1. The Hall–Kier alpha value is -2.06. The number of Topliss-reactive ketones (excluding diaryl/α,β-unsaturated/α-hetero) is 1. The van der Waals surface area contributed by atoms with E-state index >= 15 is 0 Å². The van der Waals surface area contributed by atoms with E-state index in [1.54, 1.807) is 12.1 Å². The summed E-state index contributed by atoms with van der Waals surface area (Å²) in [6, 6.07) is 12.7. The third-order valence-electron chi connectivity index (χ3n) is 3.53. The van der Waals surface area contributed by atoms with Gasteiger partial charge in [0.05, 0.1) is 5.02 Å². The molecule has 1 N–H and O–H groups in total. The van der Waals surface area contributed by atoms with E-state index in [0.29, 0.717) is 5.02 Å². The van der Waals surface area contributed by atoms with Crippen LogP contribution < -0.4 is 0 Å². The summed E-state index contributed by atoms with van der Waals surface area (Å²) >= 11 is 5.88. The molecule has 0 saturated heterocycles. The van der Waals surface area contributed by atoms with Gasteiger partial charge < -0.3 is 5.11 Å². The highest BCUT2D eigenvalue weighted by Gasteiger charge is 2.21. The Balaban J connectivity index is 1.97. The van der Waals surface area contributed by atoms with Crippen molar-refractivity contribution in [3.63, 3.8) is 0 Å². The van der Waals surface area contributed by atoms with Crippen molar-refractivity contribution in [2.45, 2.75) is 12.8 Å². The van der Waals surface area contributed by atoms with Gasteiger partial charge in [-0.1, -0.05) is 41.9 Å². The van der Waals surface area contributed by atoms with E-state index in [4.69, 9.17) is 11.6 Å². The van der Waals surface area contributed by atoms with Gasteiger partial charge in [0.15, 0.2) is 5.78 Å². The molecule has 0 bridgehead atoms. The van der Waals surface area contributed by atoms with Crippen LogP contribution in [0.3, 0.4) is 0 Å². The lowest BCUT2D eigenvalue weighted by atomic mass is 9.86. The fourth-order valence-electron chi connectivity index (χ4n) is 2.47. The van der Waals surface area contributed by atoms with Crippen LogP contribution in [0.25, 0.3) is 6.08 Å². The van der Waals surface area contributed by atoms with Gasteiger partial charge in [0, 0.05) is 11.1 Å². The van der Waals surface area contributed by atoms with E-state index in [-0.39, 0.29) is 11.5 Å². The molecular weight excluding hydrogens is 272 g/mol. The number of hydrogen-bond acceptors (Lipinski definition) is 2. The van der Waals surface area contributed by atoms with E-state index in [1.165, 1.54) is 6.07 Å². The molecule has 0 saturated carbocycles. The summed E-state index contributed by atoms with van der Waals surface area (Å²) < 4.78 is 0. The van der Waals surface area contributed by atoms with E-state index in [2.05, 4.69) is 0 Å². The number of rotatable bonds is 1. The lowest BCUT2D eigenvalue weighted by Crippen LogP contribution is -2.13. The molecule has 0 atom stereocenters. The summed E-state index contributed by atoms with van der Waals surface area (Å²) in [5.74, 6) is 0.130. The molecular formula is C17H13ClO2.